The zero-order chi connectivity index (χ0) is 11.7. The molecule has 0 aliphatic heterocycles. The summed E-state index contributed by atoms with van der Waals surface area (Å²) in [5.41, 5.74) is 5.52. The average Bonchev–Trinajstić information content (AvgIpc) is 2.16. The second kappa shape index (κ2) is 8.68. The largest absolute Gasteiger partial charge is 0.481 e. The lowest BCUT2D eigenvalue weighted by molar-refractivity contribution is -0.138. The minimum Gasteiger partial charge on any atom is -0.481 e. The fraction of sp³-hybridized carbons (Fsp3) is 0.909. The van der Waals surface area contributed by atoms with E-state index in [1.807, 2.05) is 0 Å². The molecule has 0 aromatic heterocycles. The molecule has 0 rings (SSSR count). The van der Waals surface area contributed by atoms with E-state index < -0.39 is 5.97 Å². The first-order chi connectivity index (χ1) is 7.10. The predicted molar refractivity (Wildman–Crippen MR) is 59.7 cm³/mol. The summed E-state index contributed by atoms with van der Waals surface area (Å²) in [5.74, 6) is -0.320. The highest BCUT2D eigenvalue weighted by atomic mass is 16.5. The Labute approximate surface area is 91.8 Å². The van der Waals surface area contributed by atoms with E-state index in [0.29, 0.717) is 19.1 Å². The van der Waals surface area contributed by atoms with Gasteiger partial charge in [0.15, 0.2) is 0 Å². The number of hydrogen-bond acceptors (Lipinski definition) is 3. The van der Waals surface area contributed by atoms with Crippen LogP contribution in [0.5, 0.6) is 0 Å². The molecule has 0 bridgehead atoms. The zero-order valence-corrected chi connectivity index (χ0v) is 9.74. The molecule has 2 atom stereocenters. The van der Waals surface area contributed by atoms with Gasteiger partial charge in [-0.25, -0.2) is 0 Å². The summed E-state index contributed by atoms with van der Waals surface area (Å²) < 4.78 is 5.41. The molecule has 0 aromatic carbocycles. The van der Waals surface area contributed by atoms with Gasteiger partial charge in [-0.05, 0) is 31.2 Å². The van der Waals surface area contributed by atoms with Crippen molar-refractivity contribution < 1.29 is 14.6 Å². The highest BCUT2D eigenvalue weighted by molar-refractivity contribution is 5.67. The Kier molecular flexibility index (Phi) is 8.33. The van der Waals surface area contributed by atoms with Crippen LogP contribution in [0.2, 0.25) is 0 Å². The Bertz CT molecular complexity index is 173. The standard InChI is InChI=1S/C11H23NO3/c1-3-4-15-8-9(2)5-10(7-12)6-11(13)14/h9-10H,3-8,12H2,1-2H3,(H,13,14)/t9?,10-/m0/s1. The second-order valence-corrected chi connectivity index (χ2v) is 4.12. The van der Waals surface area contributed by atoms with Crippen LogP contribution < -0.4 is 5.73 Å². The lowest BCUT2D eigenvalue weighted by Gasteiger charge is -2.17. The summed E-state index contributed by atoms with van der Waals surface area (Å²) in [5, 5.41) is 8.66. The third kappa shape index (κ3) is 8.39. The van der Waals surface area contributed by atoms with Crippen LogP contribution in [-0.2, 0) is 9.53 Å². The van der Waals surface area contributed by atoms with Gasteiger partial charge < -0.3 is 15.6 Å². The number of rotatable bonds is 9. The third-order valence-electron chi connectivity index (χ3n) is 2.28. The molecule has 4 nitrogen and oxygen atoms in total. The fourth-order valence-electron chi connectivity index (χ4n) is 1.58. The lowest BCUT2D eigenvalue weighted by atomic mass is 9.94. The van der Waals surface area contributed by atoms with Gasteiger partial charge in [-0.1, -0.05) is 13.8 Å². The van der Waals surface area contributed by atoms with E-state index >= 15 is 0 Å². The van der Waals surface area contributed by atoms with E-state index in [1.54, 1.807) is 0 Å². The first-order valence-electron chi connectivity index (χ1n) is 5.59. The molecule has 0 aliphatic carbocycles. The average molecular weight is 217 g/mol. The molecule has 90 valence electrons. The van der Waals surface area contributed by atoms with E-state index in [9.17, 15) is 4.79 Å². The van der Waals surface area contributed by atoms with Crippen molar-refractivity contribution in [1.82, 2.24) is 0 Å². The van der Waals surface area contributed by atoms with Gasteiger partial charge in [0.25, 0.3) is 0 Å². The Hall–Kier alpha value is -0.610. The minimum atomic E-state index is -0.771. The Balaban J connectivity index is 3.69. The van der Waals surface area contributed by atoms with Crippen LogP contribution in [0.4, 0.5) is 0 Å². The summed E-state index contributed by atoms with van der Waals surface area (Å²) >= 11 is 0. The van der Waals surface area contributed by atoms with E-state index in [0.717, 1.165) is 19.4 Å². The maximum atomic E-state index is 10.5. The highest BCUT2D eigenvalue weighted by Gasteiger charge is 2.15. The summed E-state index contributed by atoms with van der Waals surface area (Å²) in [4.78, 5) is 10.5. The normalized spacial score (nSPS) is 14.9. The van der Waals surface area contributed by atoms with Crippen molar-refractivity contribution in [2.24, 2.45) is 17.6 Å². The molecule has 0 saturated heterocycles. The van der Waals surface area contributed by atoms with Crippen molar-refractivity contribution in [2.75, 3.05) is 19.8 Å². The summed E-state index contributed by atoms with van der Waals surface area (Å²) in [7, 11) is 0. The van der Waals surface area contributed by atoms with Gasteiger partial charge in [-0.2, -0.15) is 0 Å². The van der Waals surface area contributed by atoms with Crippen LogP contribution in [0.25, 0.3) is 0 Å². The Morgan fingerprint density at radius 3 is 2.67 bits per heavy atom. The van der Waals surface area contributed by atoms with Crippen LogP contribution in [0, 0.1) is 11.8 Å². The van der Waals surface area contributed by atoms with Crippen molar-refractivity contribution in [3.8, 4) is 0 Å². The molecule has 4 heteroatoms. The second-order valence-electron chi connectivity index (χ2n) is 4.12. The SMILES string of the molecule is CCCOCC(C)C[C@H](CN)CC(=O)O. The van der Waals surface area contributed by atoms with E-state index in [1.165, 1.54) is 0 Å². The van der Waals surface area contributed by atoms with Crippen molar-refractivity contribution in [3.05, 3.63) is 0 Å². The number of nitrogens with two attached hydrogens (primary N) is 1. The van der Waals surface area contributed by atoms with Gasteiger partial charge >= 0.3 is 5.97 Å². The quantitative estimate of drug-likeness (QED) is 0.574. The molecule has 0 aliphatic rings. The van der Waals surface area contributed by atoms with Crippen LogP contribution in [-0.4, -0.2) is 30.8 Å². The highest BCUT2D eigenvalue weighted by Crippen LogP contribution is 2.15. The number of aliphatic carboxylic acids is 1. The number of ether oxygens (including phenoxy) is 1. The van der Waals surface area contributed by atoms with E-state index in [-0.39, 0.29) is 12.3 Å². The zero-order valence-electron chi connectivity index (χ0n) is 9.74. The maximum absolute atomic E-state index is 10.5. The Morgan fingerprint density at radius 1 is 1.53 bits per heavy atom. The molecule has 0 spiro atoms. The molecule has 3 N–H and O–H groups in total. The molecule has 0 heterocycles. The number of carbonyl (C=O) groups is 1. The van der Waals surface area contributed by atoms with E-state index in [2.05, 4.69) is 13.8 Å². The topological polar surface area (TPSA) is 72.5 Å². The van der Waals surface area contributed by atoms with Crippen LogP contribution >= 0.6 is 0 Å². The Morgan fingerprint density at radius 2 is 2.20 bits per heavy atom. The molecule has 1 unspecified atom stereocenters. The molecular weight excluding hydrogens is 194 g/mol. The van der Waals surface area contributed by atoms with Gasteiger partial charge in [0.05, 0.1) is 0 Å². The van der Waals surface area contributed by atoms with E-state index in [4.69, 9.17) is 15.6 Å². The lowest BCUT2D eigenvalue weighted by Crippen LogP contribution is -2.22. The number of hydrogen-bond donors (Lipinski definition) is 2. The van der Waals surface area contributed by atoms with Gasteiger partial charge in [-0.3, -0.25) is 4.79 Å². The van der Waals surface area contributed by atoms with Crippen LogP contribution in [0.15, 0.2) is 0 Å². The summed E-state index contributed by atoms with van der Waals surface area (Å²) in [6.45, 7) is 6.04. The first kappa shape index (κ1) is 14.4. The molecule has 0 saturated carbocycles. The molecule has 0 aromatic rings. The monoisotopic (exact) mass is 217 g/mol. The first-order valence-corrected chi connectivity index (χ1v) is 5.59. The number of carboxylic acids is 1. The molecule has 0 amide bonds. The van der Waals surface area contributed by atoms with Crippen molar-refractivity contribution in [3.63, 3.8) is 0 Å². The summed E-state index contributed by atoms with van der Waals surface area (Å²) in [6.07, 6.45) is 2.00. The van der Waals surface area contributed by atoms with Gasteiger partial charge in [0.1, 0.15) is 0 Å². The smallest absolute Gasteiger partial charge is 0.303 e. The molecule has 15 heavy (non-hydrogen) atoms. The minimum absolute atomic E-state index is 0.0720. The third-order valence-corrected chi connectivity index (χ3v) is 2.28. The molecule has 0 radical (unpaired) electrons. The molecular formula is C11H23NO3. The van der Waals surface area contributed by atoms with Crippen molar-refractivity contribution in [1.29, 1.82) is 0 Å². The van der Waals surface area contributed by atoms with Crippen molar-refractivity contribution in [2.45, 2.75) is 33.1 Å². The van der Waals surface area contributed by atoms with Crippen LogP contribution in [0.1, 0.15) is 33.1 Å². The van der Waals surface area contributed by atoms with Gasteiger partial charge in [0.2, 0.25) is 0 Å². The maximum Gasteiger partial charge on any atom is 0.303 e. The number of carboxylic acid groups (broad SMARTS) is 1. The van der Waals surface area contributed by atoms with Gasteiger partial charge in [-0.15, -0.1) is 0 Å². The van der Waals surface area contributed by atoms with Crippen molar-refractivity contribution >= 4 is 5.97 Å². The predicted octanol–water partition coefficient (Wildman–Crippen LogP) is 1.49. The fourth-order valence-corrected chi connectivity index (χ4v) is 1.58. The summed E-state index contributed by atoms with van der Waals surface area (Å²) in [6, 6.07) is 0. The van der Waals surface area contributed by atoms with Crippen LogP contribution in [0.3, 0.4) is 0 Å². The van der Waals surface area contributed by atoms with Gasteiger partial charge in [0, 0.05) is 19.6 Å². The molecule has 0 fully saturated rings.